The van der Waals surface area contributed by atoms with Gasteiger partial charge in [-0.15, -0.1) is 0 Å². The molecule has 0 bridgehead atoms. The lowest BCUT2D eigenvalue weighted by Gasteiger charge is -2.31. The van der Waals surface area contributed by atoms with Crippen molar-refractivity contribution in [2.75, 3.05) is 23.3 Å². The maximum Gasteiger partial charge on any atom is 0.135 e. The fourth-order valence-electron chi connectivity index (χ4n) is 3.07. The number of aryl methyl sites for hydroxylation is 1. The zero-order valence-electron chi connectivity index (χ0n) is 13.4. The third-order valence-electron chi connectivity index (χ3n) is 4.29. The van der Waals surface area contributed by atoms with Crippen LogP contribution < -0.4 is 10.2 Å². The number of piperidine rings is 1. The smallest absolute Gasteiger partial charge is 0.135 e. The van der Waals surface area contributed by atoms with E-state index in [0.717, 1.165) is 42.8 Å². The molecule has 0 spiro atoms. The summed E-state index contributed by atoms with van der Waals surface area (Å²) >= 11 is 0. The highest BCUT2D eigenvalue weighted by atomic mass is 15.2. The van der Waals surface area contributed by atoms with Gasteiger partial charge in [0.25, 0.3) is 0 Å². The number of nitrogens with one attached hydrogen (secondary N) is 1. The normalized spacial score (nSPS) is 18.3. The Morgan fingerprint density at radius 3 is 2.95 bits per heavy atom. The van der Waals surface area contributed by atoms with Crippen LogP contribution in [0.15, 0.2) is 36.7 Å². The molecule has 1 aliphatic heterocycles. The van der Waals surface area contributed by atoms with E-state index in [9.17, 15) is 0 Å². The van der Waals surface area contributed by atoms with Gasteiger partial charge in [0.1, 0.15) is 18.0 Å². The van der Waals surface area contributed by atoms with Crippen LogP contribution in [-0.4, -0.2) is 23.1 Å². The van der Waals surface area contributed by atoms with Crippen molar-refractivity contribution in [3.8, 4) is 0 Å². The Balaban J connectivity index is 1.79. The van der Waals surface area contributed by atoms with Crippen molar-refractivity contribution >= 4 is 17.3 Å². The van der Waals surface area contributed by atoms with Gasteiger partial charge in [0, 0.05) is 24.8 Å². The standard InChI is InChI=1S/C18H24N4/c1-3-15-8-4-5-9-16(15)21-17-11-18(20-13-19-17)22-10-6-7-14(2)12-22/h4-5,8-9,11,13-14H,3,6-7,10,12H2,1-2H3,(H,19,20,21). The molecule has 0 radical (unpaired) electrons. The Kier molecular flexibility index (Phi) is 4.56. The minimum atomic E-state index is 0.737. The molecule has 2 heterocycles. The zero-order valence-corrected chi connectivity index (χ0v) is 13.4. The van der Waals surface area contributed by atoms with Gasteiger partial charge in [-0.2, -0.15) is 0 Å². The molecule has 116 valence electrons. The predicted molar refractivity (Wildman–Crippen MR) is 91.7 cm³/mol. The molecule has 1 aromatic heterocycles. The molecule has 1 saturated heterocycles. The quantitative estimate of drug-likeness (QED) is 0.925. The second-order valence-electron chi connectivity index (χ2n) is 6.09. The molecule has 0 saturated carbocycles. The van der Waals surface area contributed by atoms with Gasteiger partial charge in [0.2, 0.25) is 0 Å². The Bertz CT molecular complexity index is 626. The van der Waals surface area contributed by atoms with Crippen molar-refractivity contribution < 1.29 is 0 Å². The third-order valence-corrected chi connectivity index (χ3v) is 4.29. The van der Waals surface area contributed by atoms with Gasteiger partial charge in [0.05, 0.1) is 0 Å². The minimum absolute atomic E-state index is 0.737. The summed E-state index contributed by atoms with van der Waals surface area (Å²) in [4.78, 5) is 11.2. The first-order valence-corrected chi connectivity index (χ1v) is 8.18. The molecule has 0 amide bonds. The number of benzene rings is 1. The van der Waals surface area contributed by atoms with Crippen molar-refractivity contribution in [3.63, 3.8) is 0 Å². The van der Waals surface area contributed by atoms with Gasteiger partial charge in [-0.1, -0.05) is 32.0 Å². The molecule has 4 nitrogen and oxygen atoms in total. The van der Waals surface area contributed by atoms with E-state index >= 15 is 0 Å². The predicted octanol–water partition coefficient (Wildman–Crippen LogP) is 4.02. The van der Waals surface area contributed by atoms with Crippen LogP contribution in [-0.2, 0) is 6.42 Å². The number of rotatable bonds is 4. The molecular weight excluding hydrogens is 272 g/mol. The Morgan fingerprint density at radius 2 is 2.14 bits per heavy atom. The highest BCUT2D eigenvalue weighted by Gasteiger charge is 2.18. The Morgan fingerprint density at radius 1 is 1.27 bits per heavy atom. The van der Waals surface area contributed by atoms with Crippen LogP contribution in [0.2, 0.25) is 0 Å². The lowest BCUT2D eigenvalue weighted by molar-refractivity contribution is 0.444. The Hall–Kier alpha value is -2.10. The number of para-hydroxylation sites is 1. The summed E-state index contributed by atoms with van der Waals surface area (Å²) in [7, 11) is 0. The topological polar surface area (TPSA) is 41.0 Å². The summed E-state index contributed by atoms with van der Waals surface area (Å²) < 4.78 is 0. The van der Waals surface area contributed by atoms with Crippen LogP contribution in [0.25, 0.3) is 0 Å². The van der Waals surface area contributed by atoms with Crippen molar-refractivity contribution in [2.45, 2.75) is 33.1 Å². The average molecular weight is 296 g/mol. The van der Waals surface area contributed by atoms with E-state index in [4.69, 9.17) is 0 Å². The molecule has 4 heteroatoms. The van der Waals surface area contributed by atoms with Crippen LogP contribution in [0.5, 0.6) is 0 Å². The van der Waals surface area contributed by atoms with Crippen molar-refractivity contribution in [1.82, 2.24) is 9.97 Å². The lowest BCUT2D eigenvalue weighted by atomic mass is 10.0. The second kappa shape index (κ2) is 6.77. The van der Waals surface area contributed by atoms with E-state index in [1.54, 1.807) is 6.33 Å². The van der Waals surface area contributed by atoms with E-state index in [-0.39, 0.29) is 0 Å². The number of aromatic nitrogens is 2. The summed E-state index contributed by atoms with van der Waals surface area (Å²) in [6, 6.07) is 10.4. The van der Waals surface area contributed by atoms with Crippen molar-refractivity contribution in [1.29, 1.82) is 0 Å². The van der Waals surface area contributed by atoms with Crippen LogP contribution >= 0.6 is 0 Å². The van der Waals surface area contributed by atoms with Crippen LogP contribution in [0.4, 0.5) is 17.3 Å². The van der Waals surface area contributed by atoms with Gasteiger partial charge < -0.3 is 10.2 Å². The van der Waals surface area contributed by atoms with Gasteiger partial charge in [-0.25, -0.2) is 9.97 Å². The van der Waals surface area contributed by atoms with Gasteiger partial charge >= 0.3 is 0 Å². The molecule has 1 aliphatic rings. The van der Waals surface area contributed by atoms with E-state index in [1.165, 1.54) is 18.4 Å². The third kappa shape index (κ3) is 3.38. The summed E-state index contributed by atoms with van der Waals surface area (Å²) in [6.45, 7) is 6.65. The number of anilines is 3. The van der Waals surface area contributed by atoms with Gasteiger partial charge in [-0.3, -0.25) is 0 Å². The summed E-state index contributed by atoms with van der Waals surface area (Å²) in [6.07, 6.45) is 5.22. The van der Waals surface area contributed by atoms with Crippen molar-refractivity contribution in [2.24, 2.45) is 5.92 Å². The van der Waals surface area contributed by atoms with E-state index in [1.807, 2.05) is 0 Å². The first kappa shape index (κ1) is 14.8. The number of hydrogen-bond acceptors (Lipinski definition) is 4. The fourth-order valence-corrected chi connectivity index (χ4v) is 3.07. The van der Waals surface area contributed by atoms with Crippen LogP contribution in [0.3, 0.4) is 0 Å². The van der Waals surface area contributed by atoms with E-state index < -0.39 is 0 Å². The van der Waals surface area contributed by atoms with Crippen LogP contribution in [0, 0.1) is 5.92 Å². The molecule has 2 aromatic rings. The lowest BCUT2D eigenvalue weighted by Crippen LogP contribution is -2.34. The first-order valence-electron chi connectivity index (χ1n) is 8.18. The monoisotopic (exact) mass is 296 g/mol. The summed E-state index contributed by atoms with van der Waals surface area (Å²) in [5.41, 5.74) is 2.43. The largest absolute Gasteiger partial charge is 0.356 e. The summed E-state index contributed by atoms with van der Waals surface area (Å²) in [5, 5.41) is 3.44. The molecule has 1 N–H and O–H groups in total. The highest BCUT2D eigenvalue weighted by Crippen LogP contribution is 2.25. The maximum absolute atomic E-state index is 4.46. The molecule has 0 aliphatic carbocycles. The maximum atomic E-state index is 4.46. The highest BCUT2D eigenvalue weighted by molar-refractivity contribution is 5.62. The average Bonchev–Trinajstić information content (AvgIpc) is 2.56. The van der Waals surface area contributed by atoms with Crippen molar-refractivity contribution in [3.05, 3.63) is 42.2 Å². The molecule has 1 unspecified atom stereocenters. The molecule has 1 aromatic carbocycles. The molecular formula is C18H24N4. The molecule has 22 heavy (non-hydrogen) atoms. The summed E-state index contributed by atoms with van der Waals surface area (Å²) in [5.74, 6) is 2.63. The fraction of sp³-hybridized carbons (Fsp3) is 0.444. The molecule has 3 rings (SSSR count). The SMILES string of the molecule is CCc1ccccc1Nc1cc(N2CCCC(C)C2)ncn1. The van der Waals surface area contributed by atoms with Gasteiger partial charge in [0.15, 0.2) is 0 Å². The number of hydrogen-bond donors (Lipinski definition) is 1. The second-order valence-corrected chi connectivity index (χ2v) is 6.09. The minimum Gasteiger partial charge on any atom is -0.356 e. The first-order chi connectivity index (χ1) is 10.8. The van der Waals surface area contributed by atoms with Crippen LogP contribution in [0.1, 0.15) is 32.3 Å². The van der Waals surface area contributed by atoms with Gasteiger partial charge in [-0.05, 0) is 36.8 Å². The Labute approximate surface area is 132 Å². The number of nitrogens with zero attached hydrogens (tertiary/aromatic N) is 3. The van der Waals surface area contributed by atoms with E-state index in [2.05, 4.69) is 64.4 Å². The molecule has 1 atom stereocenters. The zero-order chi connectivity index (χ0) is 15.4. The van der Waals surface area contributed by atoms with E-state index in [0.29, 0.717) is 0 Å². The molecule has 1 fully saturated rings.